The Hall–Kier alpha value is -2.50. The van der Waals surface area contributed by atoms with Crippen LogP contribution in [0.3, 0.4) is 0 Å². The molecule has 1 aliphatic heterocycles. The van der Waals surface area contributed by atoms with Gasteiger partial charge in [0.15, 0.2) is 0 Å². The molecular weight excluding hydrogens is 342 g/mol. The second kappa shape index (κ2) is 8.46. The van der Waals surface area contributed by atoms with Gasteiger partial charge in [-0.15, -0.1) is 0 Å². The number of nitrogens with one attached hydrogen (secondary N) is 2. The minimum Gasteiger partial charge on any atom is -0.469 e. The third kappa shape index (κ3) is 5.02. The fourth-order valence-electron chi connectivity index (χ4n) is 3.83. The van der Waals surface area contributed by atoms with Crippen molar-refractivity contribution in [2.45, 2.75) is 52.5 Å². The van der Waals surface area contributed by atoms with Crippen LogP contribution in [0.25, 0.3) is 0 Å². The van der Waals surface area contributed by atoms with Crippen LogP contribution < -0.4 is 5.32 Å². The number of aromatic amines is 1. The third-order valence-electron chi connectivity index (χ3n) is 5.23. The van der Waals surface area contributed by atoms with E-state index in [1.54, 1.807) is 6.26 Å². The number of H-pyrrole nitrogens is 1. The first-order valence-corrected chi connectivity index (χ1v) is 9.69. The van der Waals surface area contributed by atoms with E-state index in [9.17, 15) is 9.59 Å². The van der Waals surface area contributed by atoms with Crippen molar-refractivity contribution < 1.29 is 14.0 Å². The van der Waals surface area contributed by atoms with Crippen LogP contribution in [0.15, 0.2) is 28.9 Å². The second-order valence-electron chi connectivity index (χ2n) is 7.70. The van der Waals surface area contributed by atoms with Gasteiger partial charge in [-0.2, -0.15) is 0 Å². The number of aromatic nitrogens is 1. The molecule has 27 heavy (non-hydrogen) atoms. The number of carbonyl (C=O) groups is 2. The van der Waals surface area contributed by atoms with Crippen molar-refractivity contribution in [3.8, 4) is 0 Å². The lowest BCUT2D eigenvalue weighted by Gasteiger charge is -2.32. The van der Waals surface area contributed by atoms with Crippen molar-refractivity contribution >= 4 is 11.8 Å². The van der Waals surface area contributed by atoms with Crippen LogP contribution in [0.1, 0.15) is 53.7 Å². The molecule has 2 aromatic heterocycles. The Bertz CT molecular complexity index is 771. The molecule has 1 aliphatic rings. The first-order valence-electron chi connectivity index (χ1n) is 9.69. The number of hydrogen-bond donors (Lipinski definition) is 2. The van der Waals surface area contributed by atoms with Crippen molar-refractivity contribution in [2.24, 2.45) is 5.92 Å². The van der Waals surface area contributed by atoms with Crippen molar-refractivity contribution in [1.29, 1.82) is 0 Å². The van der Waals surface area contributed by atoms with E-state index in [0.29, 0.717) is 37.5 Å². The molecule has 0 radical (unpaired) electrons. The van der Waals surface area contributed by atoms with E-state index < -0.39 is 0 Å². The molecule has 3 heterocycles. The average molecular weight is 371 g/mol. The van der Waals surface area contributed by atoms with Gasteiger partial charge in [0.1, 0.15) is 11.5 Å². The van der Waals surface area contributed by atoms with Crippen LogP contribution in [0.5, 0.6) is 0 Å². The summed E-state index contributed by atoms with van der Waals surface area (Å²) in [6.07, 6.45) is 4.59. The summed E-state index contributed by atoms with van der Waals surface area (Å²) in [6.45, 7) is 7.31. The summed E-state index contributed by atoms with van der Waals surface area (Å²) in [6, 6.07) is 5.82. The normalized spacial score (nSPS) is 16.3. The maximum atomic E-state index is 12.7. The number of rotatable bonds is 6. The molecule has 1 saturated heterocycles. The number of hydrogen-bond acceptors (Lipinski definition) is 3. The first kappa shape index (κ1) is 19.3. The van der Waals surface area contributed by atoms with Crippen LogP contribution in [-0.2, 0) is 11.2 Å². The summed E-state index contributed by atoms with van der Waals surface area (Å²) in [5.74, 6) is 1.35. The standard InChI is InChI=1S/C21H29N3O3/c1-14-11-15(2)23-20(14)21(26)24-8-6-17(7-9-24)13-19(25)22-16(3)12-18-5-4-10-27-18/h4-5,10-11,16-17,23H,6-9,12-13H2,1-3H3,(H,22,25)/t16-/m1/s1. The van der Waals surface area contributed by atoms with Crippen LogP contribution in [0, 0.1) is 19.8 Å². The van der Waals surface area contributed by atoms with Gasteiger partial charge in [0.2, 0.25) is 5.91 Å². The predicted octanol–water partition coefficient (Wildman–Crippen LogP) is 3.21. The number of aryl methyl sites for hydroxylation is 2. The van der Waals surface area contributed by atoms with Crippen molar-refractivity contribution in [2.75, 3.05) is 13.1 Å². The molecule has 2 N–H and O–H groups in total. The fraction of sp³-hybridized carbons (Fsp3) is 0.524. The zero-order valence-corrected chi connectivity index (χ0v) is 16.4. The highest BCUT2D eigenvalue weighted by molar-refractivity contribution is 5.94. The summed E-state index contributed by atoms with van der Waals surface area (Å²) in [5, 5.41) is 3.05. The van der Waals surface area contributed by atoms with Crippen molar-refractivity contribution in [3.63, 3.8) is 0 Å². The SMILES string of the molecule is Cc1cc(C)c(C(=O)N2CCC(CC(=O)N[C@H](C)Cc3ccco3)CC2)[nH]1. The van der Waals surface area contributed by atoms with E-state index in [4.69, 9.17) is 4.42 Å². The lowest BCUT2D eigenvalue weighted by Crippen LogP contribution is -2.41. The summed E-state index contributed by atoms with van der Waals surface area (Å²) in [5.41, 5.74) is 2.69. The Morgan fingerprint density at radius 3 is 2.67 bits per heavy atom. The summed E-state index contributed by atoms with van der Waals surface area (Å²) in [4.78, 5) is 30.0. The van der Waals surface area contributed by atoms with E-state index in [1.165, 1.54) is 0 Å². The topological polar surface area (TPSA) is 78.3 Å². The van der Waals surface area contributed by atoms with Crippen LogP contribution >= 0.6 is 0 Å². The Balaban J connectivity index is 1.43. The summed E-state index contributed by atoms with van der Waals surface area (Å²) in [7, 11) is 0. The molecule has 1 atom stereocenters. The molecule has 3 rings (SSSR count). The number of carbonyl (C=O) groups excluding carboxylic acids is 2. The minimum absolute atomic E-state index is 0.0457. The monoisotopic (exact) mass is 371 g/mol. The molecule has 0 saturated carbocycles. The smallest absolute Gasteiger partial charge is 0.270 e. The molecule has 146 valence electrons. The van der Waals surface area contributed by atoms with Gasteiger partial charge in [-0.1, -0.05) is 0 Å². The highest BCUT2D eigenvalue weighted by Gasteiger charge is 2.26. The Kier molecular flexibility index (Phi) is 6.04. The van der Waals surface area contributed by atoms with Crippen LogP contribution in [0.4, 0.5) is 0 Å². The predicted molar refractivity (Wildman–Crippen MR) is 104 cm³/mol. The fourth-order valence-corrected chi connectivity index (χ4v) is 3.83. The molecule has 6 heteroatoms. The van der Waals surface area contributed by atoms with Gasteiger partial charge in [-0.05, 0) is 63.3 Å². The molecule has 1 fully saturated rings. The van der Waals surface area contributed by atoms with Gasteiger partial charge in [0.25, 0.3) is 5.91 Å². The number of furan rings is 1. The molecule has 0 unspecified atom stereocenters. The van der Waals surface area contributed by atoms with Gasteiger partial charge in [-0.25, -0.2) is 0 Å². The van der Waals surface area contributed by atoms with E-state index in [2.05, 4.69) is 10.3 Å². The largest absolute Gasteiger partial charge is 0.469 e. The van der Waals surface area contributed by atoms with Crippen molar-refractivity contribution in [1.82, 2.24) is 15.2 Å². The van der Waals surface area contributed by atoms with Gasteiger partial charge < -0.3 is 19.6 Å². The Morgan fingerprint density at radius 1 is 1.33 bits per heavy atom. The Morgan fingerprint density at radius 2 is 2.07 bits per heavy atom. The maximum Gasteiger partial charge on any atom is 0.270 e. The number of amides is 2. The number of piperidine rings is 1. The molecular formula is C21H29N3O3. The third-order valence-corrected chi connectivity index (χ3v) is 5.23. The highest BCUT2D eigenvalue weighted by Crippen LogP contribution is 2.23. The quantitative estimate of drug-likeness (QED) is 0.818. The zero-order chi connectivity index (χ0) is 19.4. The van der Waals surface area contributed by atoms with E-state index >= 15 is 0 Å². The van der Waals surface area contributed by atoms with Crippen LogP contribution in [0.2, 0.25) is 0 Å². The van der Waals surface area contributed by atoms with Gasteiger partial charge >= 0.3 is 0 Å². The molecule has 2 amide bonds. The first-order chi connectivity index (χ1) is 12.9. The highest BCUT2D eigenvalue weighted by atomic mass is 16.3. The van der Waals surface area contributed by atoms with Crippen LogP contribution in [-0.4, -0.2) is 40.8 Å². The molecule has 0 aromatic carbocycles. The molecule has 0 aliphatic carbocycles. The number of nitrogens with zero attached hydrogens (tertiary/aromatic N) is 1. The summed E-state index contributed by atoms with van der Waals surface area (Å²) >= 11 is 0. The zero-order valence-electron chi connectivity index (χ0n) is 16.4. The molecule has 6 nitrogen and oxygen atoms in total. The van der Waals surface area contributed by atoms with E-state index in [1.807, 2.05) is 43.9 Å². The van der Waals surface area contributed by atoms with E-state index in [-0.39, 0.29) is 17.9 Å². The maximum absolute atomic E-state index is 12.7. The van der Waals surface area contributed by atoms with Gasteiger partial charge in [-0.3, -0.25) is 9.59 Å². The number of likely N-dealkylation sites (tertiary alicyclic amines) is 1. The lowest BCUT2D eigenvalue weighted by atomic mass is 9.92. The summed E-state index contributed by atoms with van der Waals surface area (Å²) < 4.78 is 5.32. The molecule has 0 spiro atoms. The molecule has 2 aromatic rings. The van der Waals surface area contributed by atoms with Gasteiger partial charge in [0, 0.05) is 37.7 Å². The Labute approximate surface area is 160 Å². The second-order valence-corrected chi connectivity index (χ2v) is 7.70. The molecule has 0 bridgehead atoms. The minimum atomic E-state index is 0.0457. The average Bonchev–Trinajstić information content (AvgIpc) is 3.23. The lowest BCUT2D eigenvalue weighted by molar-refractivity contribution is -0.122. The van der Waals surface area contributed by atoms with Gasteiger partial charge in [0.05, 0.1) is 6.26 Å². The van der Waals surface area contributed by atoms with E-state index in [0.717, 1.165) is 29.9 Å². The van der Waals surface area contributed by atoms with Crippen molar-refractivity contribution in [3.05, 3.63) is 47.2 Å².